The van der Waals surface area contributed by atoms with Crippen LogP contribution in [-0.4, -0.2) is 47.0 Å². The normalized spacial score (nSPS) is 18.2. The molecule has 2 aromatic rings. The molecule has 0 unspecified atom stereocenters. The summed E-state index contributed by atoms with van der Waals surface area (Å²) in [4.78, 5) is 18.8. The number of amides is 1. The van der Waals surface area contributed by atoms with E-state index in [1.165, 1.54) is 12.1 Å². The van der Waals surface area contributed by atoms with Crippen LogP contribution in [0.2, 0.25) is 0 Å². The average Bonchev–Trinajstić information content (AvgIpc) is 3.05. The van der Waals surface area contributed by atoms with Crippen molar-refractivity contribution in [3.63, 3.8) is 0 Å². The zero-order chi connectivity index (χ0) is 16.2. The molecule has 1 fully saturated rings. The molecule has 2 heterocycles. The molecule has 1 aliphatic heterocycles. The van der Waals surface area contributed by atoms with Crippen molar-refractivity contribution in [2.75, 3.05) is 26.7 Å². The van der Waals surface area contributed by atoms with Gasteiger partial charge in [-0.3, -0.25) is 9.36 Å². The maximum Gasteiger partial charge on any atom is 0.272 e. The molecule has 0 saturated carbocycles. The van der Waals surface area contributed by atoms with Gasteiger partial charge in [0.2, 0.25) is 0 Å². The largest absolute Gasteiger partial charge is 0.337 e. The number of carbonyl (C=O) groups is 1. The number of benzene rings is 1. The zero-order valence-electron chi connectivity index (χ0n) is 13.2. The van der Waals surface area contributed by atoms with Crippen molar-refractivity contribution >= 4 is 5.91 Å². The molecule has 1 saturated heterocycles. The third-order valence-corrected chi connectivity index (χ3v) is 4.26. The van der Waals surface area contributed by atoms with Gasteiger partial charge in [-0.1, -0.05) is 0 Å². The number of nitrogens with zero attached hydrogens (tertiary/aromatic N) is 3. The van der Waals surface area contributed by atoms with Crippen LogP contribution in [0.5, 0.6) is 0 Å². The Kier molecular flexibility index (Phi) is 4.71. The molecule has 1 aromatic heterocycles. The molecule has 0 aliphatic carbocycles. The van der Waals surface area contributed by atoms with Crippen LogP contribution >= 0.6 is 0 Å². The second kappa shape index (κ2) is 6.91. The van der Waals surface area contributed by atoms with E-state index in [-0.39, 0.29) is 11.7 Å². The maximum absolute atomic E-state index is 13.1. The highest BCUT2D eigenvalue weighted by molar-refractivity contribution is 5.93. The summed E-state index contributed by atoms with van der Waals surface area (Å²) < 4.78 is 14.8. The Morgan fingerprint density at radius 3 is 2.91 bits per heavy atom. The van der Waals surface area contributed by atoms with Crippen molar-refractivity contribution < 1.29 is 9.18 Å². The van der Waals surface area contributed by atoms with Gasteiger partial charge >= 0.3 is 0 Å². The highest BCUT2D eigenvalue weighted by Gasteiger charge is 2.26. The van der Waals surface area contributed by atoms with Crippen molar-refractivity contribution in [3.8, 4) is 5.69 Å². The van der Waals surface area contributed by atoms with Gasteiger partial charge in [-0.05, 0) is 56.6 Å². The van der Waals surface area contributed by atoms with E-state index in [0.29, 0.717) is 11.6 Å². The van der Waals surface area contributed by atoms with Crippen LogP contribution in [0.3, 0.4) is 0 Å². The molecule has 0 spiro atoms. The Morgan fingerprint density at radius 1 is 1.39 bits per heavy atom. The van der Waals surface area contributed by atoms with E-state index in [1.807, 2.05) is 11.9 Å². The first kappa shape index (κ1) is 15.7. The second-order valence-corrected chi connectivity index (χ2v) is 5.94. The van der Waals surface area contributed by atoms with Crippen molar-refractivity contribution in [2.24, 2.45) is 5.92 Å². The van der Waals surface area contributed by atoms with Crippen LogP contribution in [0.4, 0.5) is 4.39 Å². The maximum atomic E-state index is 13.1. The van der Waals surface area contributed by atoms with Gasteiger partial charge in [-0.2, -0.15) is 0 Å². The van der Waals surface area contributed by atoms with Crippen LogP contribution in [0.25, 0.3) is 5.69 Å². The van der Waals surface area contributed by atoms with Crippen molar-refractivity contribution in [2.45, 2.75) is 12.8 Å². The molecule has 1 amide bonds. The Labute approximate surface area is 135 Å². The third-order valence-electron chi connectivity index (χ3n) is 4.26. The van der Waals surface area contributed by atoms with E-state index in [4.69, 9.17) is 0 Å². The molecule has 5 nitrogen and oxygen atoms in total. The van der Waals surface area contributed by atoms with Crippen LogP contribution in [0.1, 0.15) is 23.3 Å². The van der Waals surface area contributed by atoms with Gasteiger partial charge in [0.25, 0.3) is 5.91 Å². The van der Waals surface area contributed by atoms with Crippen molar-refractivity contribution in [1.82, 2.24) is 19.8 Å². The summed E-state index contributed by atoms with van der Waals surface area (Å²) in [6.07, 6.45) is 5.33. The number of aromatic nitrogens is 2. The van der Waals surface area contributed by atoms with Gasteiger partial charge in [0.1, 0.15) is 11.5 Å². The Balaban J connectivity index is 1.80. The number of hydrogen-bond acceptors (Lipinski definition) is 3. The standard InChI is InChI=1S/C17H21FN4O/c1-19-9-13-3-2-8-21(11-13)17(23)16-10-20-12-22(16)15-6-4-14(18)5-7-15/h4-7,10,12-13,19H,2-3,8-9,11H2,1H3/t13-/m0/s1. The average molecular weight is 316 g/mol. The summed E-state index contributed by atoms with van der Waals surface area (Å²) in [5.74, 6) is 0.167. The van der Waals surface area contributed by atoms with E-state index in [0.717, 1.165) is 38.2 Å². The van der Waals surface area contributed by atoms with E-state index >= 15 is 0 Å². The number of rotatable bonds is 4. The van der Waals surface area contributed by atoms with Gasteiger partial charge in [0.05, 0.1) is 12.5 Å². The Bertz CT molecular complexity index is 665. The molecule has 23 heavy (non-hydrogen) atoms. The number of halogens is 1. The molecule has 1 aliphatic rings. The predicted molar refractivity (Wildman–Crippen MR) is 86.1 cm³/mol. The third kappa shape index (κ3) is 3.42. The lowest BCUT2D eigenvalue weighted by Crippen LogP contribution is -2.43. The Morgan fingerprint density at radius 2 is 2.17 bits per heavy atom. The first-order valence-electron chi connectivity index (χ1n) is 7.91. The highest BCUT2D eigenvalue weighted by atomic mass is 19.1. The molecular weight excluding hydrogens is 295 g/mol. The topological polar surface area (TPSA) is 50.2 Å². The minimum absolute atomic E-state index is 0.0207. The lowest BCUT2D eigenvalue weighted by atomic mass is 9.98. The smallest absolute Gasteiger partial charge is 0.272 e. The van der Waals surface area contributed by atoms with Gasteiger partial charge in [-0.25, -0.2) is 9.37 Å². The van der Waals surface area contributed by atoms with Crippen molar-refractivity contribution in [1.29, 1.82) is 0 Å². The van der Waals surface area contributed by atoms with Crippen LogP contribution in [0, 0.1) is 11.7 Å². The van der Waals surface area contributed by atoms with Gasteiger partial charge in [0, 0.05) is 18.8 Å². The van der Waals surface area contributed by atoms with E-state index in [1.54, 1.807) is 29.2 Å². The fraction of sp³-hybridized carbons (Fsp3) is 0.412. The van der Waals surface area contributed by atoms with Gasteiger partial charge in [0.15, 0.2) is 0 Å². The molecule has 3 rings (SSSR count). The number of piperidine rings is 1. The molecular formula is C17H21FN4O. The number of nitrogens with one attached hydrogen (secondary N) is 1. The molecule has 1 N–H and O–H groups in total. The van der Waals surface area contributed by atoms with E-state index in [9.17, 15) is 9.18 Å². The van der Waals surface area contributed by atoms with Gasteiger partial charge < -0.3 is 10.2 Å². The summed E-state index contributed by atoms with van der Waals surface area (Å²) in [5, 5.41) is 3.18. The summed E-state index contributed by atoms with van der Waals surface area (Å²) in [6, 6.07) is 6.06. The number of likely N-dealkylation sites (tertiary alicyclic amines) is 1. The highest BCUT2D eigenvalue weighted by Crippen LogP contribution is 2.20. The zero-order valence-corrected chi connectivity index (χ0v) is 13.2. The van der Waals surface area contributed by atoms with E-state index in [2.05, 4.69) is 10.3 Å². The summed E-state index contributed by atoms with van der Waals surface area (Å²) in [5.41, 5.74) is 1.25. The van der Waals surface area contributed by atoms with E-state index < -0.39 is 0 Å². The minimum Gasteiger partial charge on any atom is -0.337 e. The summed E-state index contributed by atoms with van der Waals surface area (Å²) >= 11 is 0. The first-order chi connectivity index (χ1) is 11.2. The number of hydrogen-bond donors (Lipinski definition) is 1. The molecule has 0 bridgehead atoms. The molecule has 1 aromatic carbocycles. The molecule has 1 atom stereocenters. The predicted octanol–water partition coefficient (Wildman–Crippen LogP) is 2.08. The van der Waals surface area contributed by atoms with Crippen LogP contribution in [-0.2, 0) is 0 Å². The summed E-state index contributed by atoms with van der Waals surface area (Å²) in [7, 11) is 1.93. The fourth-order valence-corrected chi connectivity index (χ4v) is 3.13. The lowest BCUT2D eigenvalue weighted by molar-refractivity contribution is 0.0666. The van der Waals surface area contributed by atoms with Crippen LogP contribution in [0.15, 0.2) is 36.8 Å². The van der Waals surface area contributed by atoms with Crippen molar-refractivity contribution in [3.05, 3.63) is 48.3 Å². The quantitative estimate of drug-likeness (QED) is 0.939. The first-order valence-corrected chi connectivity index (χ1v) is 7.91. The Hall–Kier alpha value is -2.21. The molecule has 6 heteroatoms. The SMILES string of the molecule is CNC[C@@H]1CCCN(C(=O)c2cncn2-c2ccc(F)cc2)C1. The number of carbonyl (C=O) groups excluding carboxylic acids is 1. The fourth-order valence-electron chi connectivity index (χ4n) is 3.13. The molecule has 0 radical (unpaired) electrons. The second-order valence-electron chi connectivity index (χ2n) is 5.94. The lowest BCUT2D eigenvalue weighted by Gasteiger charge is -2.32. The minimum atomic E-state index is -0.298. The number of imidazole rings is 1. The monoisotopic (exact) mass is 316 g/mol. The summed E-state index contributed by atoms with van der Waals surface area (Å²) in [6.45, 7) is 2.45. The van der Waals surface area contributed by atoms with Crippen LogP contribution < -0.4 is 5.32 Å². The molecule has 122 valence electrons. The van der Waals surface area contributed by atoms with Gasteiger partial charge in [-0.15, -0.1) is 0 Å².